The quantitative estimate of drug-likeness (QED) is 0.819. The van der Waals surface area contributed by atoms with Crippen LogP contribution in [0.4, 0.5) is 5.69 Å². The van der Waals surface area contributed by atoms with Gasteiger partial charge in [0.25, 0.3) is 0 Å². The largest absolute Gasteiger partial charge is 0.308 e. The van der Waals surface area contributed by atoms with E-state index in [1.54, 1.807) is 11.8 Å². The molecule has 0 aromatic heterocycles. The van der Waals surface area contributed by atoms with Crippen molar-refractivity contribution in [1.29, 1.82) is 0 Å². The summed E-state index contributed by atoms with van der Waals surface area (Å²) in [6.07, 6.45) is 0.942. The normalized spacial score (nSPS) is 16.6. The minimum atomic E-state index is 0.175. The number of halogens is 1. The van der Waals surface area contributed by atoms with E-state index < -0.39 is 0 Å². The number of amides is 1. The maximum absolute atomic E-state index is 12.6. The van der Waals surface area contributed by atoms with Crippen LogP contribution in [-0.2, 0) is 17.0 Å². The number of benzene rings is 2. The van der Waals surface area contributed by atoms with Gasteiger partial charge in [0.2, 0.25) is 5.91 Å². The number of rotatable bonds is 4. The molecule has 0 spiro atoms. The second-order valence-electron chi connectivity index (χ2n) is 5.53. The first-order valence-corrected chi connectivity index (χ1v) is 8.91. The van der Waals surface area contributed by atoms with E-state index in [-0.39, 0.29) is 11.9 Å². The summed E-state index contributed by atoms with van der Waals surface area (Å²) in [5.41, 5.74) is 3.41. The zero-order valence-electron chi connectivity index (χ0n) is 12.5. The highest BCUT2D eigenvalue weighted by atomic mass is 35.5. The molecular weight excluding hydrogens is 314 g/mol. The van der Waals surface area contributed by atoms with Crippen molar-refractivity contribution in [2.45, 2.75) is 25.1 Å². The number of hydrogen-bond acceptors (Lipinski definition) is 2. The molecule has 0 aliphatic carbocycles. The van der Waals surface area contributed by atoms with E-state index in [9.17, 15) is 4.79 Å². The van der Waals surface area contributed by atoms with Gasteiger partial charge in [0.15, 0.2) is 0 Å². The monoisotopic (exact) mass is 331 g/mol. The number of nitrogens with zero attached hydrogens (tertiary/aromatic N) is 1. The Morgan fingerprint density at radius 1 is 1.23 bits per heavy atom. The van der Waals surface area contributed by atoms with Crippen LogP contribution in [0.3, 0.4) is 0 Å². The Bertz CT molecular complexity index is 688. The molecule has 1 aliphatic rings. The minimum absolute atomic E-state index is 0.175. The topological polar surface area (TPSA) is 20.3 Å². The Labute approximate surface area is 140 Å². The minimum Gasteiger partial charge on any atom is -0.308 e. The molecule has 0 N–H and O–H groups in total. The molecule has 2 nitrogen and oxygen atoms in total. The van der Waals surface area contributed by atoms with Gasteiger partial charge in [-0.25, -0.2) is 0 Å². The van der Waals surface area contributed by atoms with Crippen LogP contribution in [0.2, 0.25) is 5.02 Å². The first-order chi connectivity index (χ1) is 10.7. The zero-order valence-corrected chi connectivity index (χ0v) is 14.0. The smallest absolute Gasteiger partial charge is 0.237 e. The molecule has 1 amide bonds. The van der Waals surface area contributed by atoms with Crippen LogP contribution in [0.25, 0.3) is 0 Å². The van der Waals surface area contributed by atoms with Crippen molar-refractivity contribution in [1.82, 2.24) is 0 Å². The van der Waals surface area contributed by atoms with Crippen molar-refractivity contribution >= 4 is 35.0 Å². The first kappa shape index (κ1) is 15.4. The maximum Gasteiger partial charge on any atom is 0.237 e. The van der Waals surface area contributed by atoms with Gasteiger partial charge in [-0.05, 0) is 36.6 Å². The molecule has 114 valence electrons. The van der Waals surface area contributed by atoms with E-state index in [4.69, 9.17) is 11.6 Å². The lowest BCUT2D eigenvalue weighted by molar-refractivity contribution is -0.116. The van der Waals surface area contributed by atoms with Crippen LogP contribution in [0.1, 0.15) is 18.1 Å². The van der Waals surface area contributed by atoms with E-state index in [0.29, 0.717) is 5.75 Å². The van der Waals surface area contributed by atoms with Gasteiger partial charge in [-0.1, -0.05) is 48.0 Å². The molecule has 0 radical (unpaired) electrons. The summed E-state index contributed by atoms with van der Waals surface area (Å²) in [5, 5.41) is 0.766. The van der Waals surface area contributed by atoms with Crippen molar-refractivity contribution in [2.75, 3.05) is 10.7 Å². The molecule has 1 aliphatic heterocycles. The Balaban J connectivity index is 1.62. The lowest BCUT2D eigenvalue weighted by Crippen LogP contribution is -2.37. The first-order valence-electron chi connectivity index (χ1n) is 7.38. The summed E-state index contributed by atoms with van der Waals surface area (Å²) in [7, 11) is 0. The van der Waals surface area contributed by atoms with Crippen LogP contribution < -0.4 is 4.90 Å². The molecule has 3 rings (SSSR count). The van der Waals surface area contributed by atoms with Gasteiger partial charge in [0.05, 0.1) is 5.75 Å². The molecule has 0 fully saturated rings. The molecule has 1 atom stereocenters. The number of fused-ring (bicyclic) bond motifs is 1. The molecule has 0 saturated carbocycles. The Morgan fingerprint density at radius 2 is 1.95 bits per heavy atom. The SMILES string of the molecule is C[C@@H]1Cc2ccccc2N1C(=O)CSCc1ccccc1Cl. The van der Waals surface area contributed by atoms with E-state index in [1.165, 1.54) is 5.56 Å². The number of carbonyl (C=O) groups excluding carboxylic acids is 1. The fourth-order valence-electron chi connectivity index (χ4n) is 2.88. The fourth-order valence-corrected chi connectivity index (χ4v) is 4.05. The predicted octanol–water partition coefficient (Wildman–Crippen LogP) is 4.55. The second kappa shape index (κ2) is 6.76. The summed E-state index contributed by atoms with van der Waals surface area (Å²) >= 11 is 7.76. The highest BCUT2D eigenvalue weighted by Gasteiger charge is 2.30. The summed E-state index contributed by atoms with van der Waals surface area (Å²) in [6, 6.07) is 16.2. The predicted molar refractivity (Wildman–Crippen MR) is 94.7 cm³/mol. The third-order valence-electron chi connectivity index (χ3n) is 3.92. The summed E-state index contributed by atoms with van der Waals surface area (Å²) in [6.45, 7) is 2.11. The number of anilines is 1. The van der Waals surface area contributed by atoms with E-state index in [1.807, 2.05) is 47.4 Å². The molecule has 0 unspecified atom stereocenters. The van der Waals surface area contributed by atoms with Gasteiger partial charge >= 0.3 is 0 Å². The lowest BCUT2D eigenvalue weighted by Gasteiger charge is -2.22. The van der Waals surface area contributed by atoms with Gasteiger partial charge in [-0.3, -0.25) is 4.79 Å². The molecule has 2 aromatic rings. The maximum atomic E-state index is 12.6. The average molecular weight is 332 g/mol. The van der Waals surface area contributed by atoms with E-state index in [0.717, 1.165) is 28.4 Å². The van der Waals surface area contributed by atoms with E-state index in [2.05, 4.69) is 13.0 Å². The standard InChI is InChI=1S/C18H18ClNOS/c1-13-10-14-6-3-5-9-17(14)20(13)18(21)12-22-11-15-7-2-4-8-16(15)19/h2-9,13H,10-12H2,1H3/t13-/m1/s1. The highest BCUT2D eigenvalue weighted by molar-refractivity contribution is 7.99. The Hall–Kier alpha value is -1.45. The highest BCUT2D eigenvalue weighted by Crippen LogP contribution is 2.32. The molecule has 0 bridgehead atoms. The second-order valence-corrected chi connectivity index (χ2v) is 6.92. The van der Waals surface area contributed by atoms with Gasteiger partial charge < -0.3 is 4.90 Å². The van der Waals surface area contributed by atoms with Crippen LogP contribution in [0.5, 0.6) is 0 Å². The number of hydrogen-bond donors (Lipinski definition) is 0. The van der Waals surface area contributed by atoms with Crippen LogP contribution in [0, 0.1) is 0 Å². The summed E-state index contributed by atoms with van der Waals surface area (Å²) in [4.78, 5) is 14.5. The van der Waals surface area contributed by atoms with Crippen molar-refractivity contribution in [3.05, 3.63) is 64.7 Å². The number of carbonyl (C=O) groups is 1. The van der Waals surface area contributed by atoms with Gasteiger partial charge in [-0.2, -0.15) is 0 Å². The molecular formula is C18H18ClNOS. The number of thioether (sulfide) groups is 1. The molecule has 4 heteroatoms. The summed E-state index contributed by atoms with van der Waals surface area (Å²) in [5.74, 6) is 1.41. The Kier molecular flexibility index (Phi) is 4.74. The van der Waals surface area contributed by atoms with Crippen LogP contribution in [-0.4, -0.2) is 17.7 Å². The van der Waals surface area contributed by atoms with Crippen LogP contribution in [0.15, 0.2) is 48.5 Å². The lowest BCUT2D eigenvalue weighted by atomic mass is 10.1. The summed E-state index contributed by atoms with van der Waals surface area (Å²) < 4.78 is 0. The van der Waals surface area contributed by atoms with Crippen LogP contribution >= 0.6 is 23.4 Å². The van der Waals surface area contributed by atoms with Gasteiger partial charge in [0, 0.05) is 22.5 Å². The molecule has 0 saturated heterocycles. The molecule has 1 heterocycles. The van der Waals surface area contributed by atoms with Crippen molar-refractivity contribution < 1.29 is 4.79 Å². The fraction of sp³-hybridized carbons (Fsp3) is 0.278. The van der Waals surface area contributed by atoms with E-state index >= 15 is 0 Å². The average Bonchev–Trinajstić information content (AvgIpc) is 2.85. The molecule has 2 aromatic carbocycles. The zero-order chi connectivity index (χ0) is 15.5. The van der Waals surface area contributed by atoms with Crippen molar-refractivity contribution in [3.8, 4) is 0 Å². The third kappa shape index (κ3) is 3.16. The van der Waals surface area contributed by atoms with Gasteiger partial charge in [-0.15, -0.1) is 11.8 Å². The Morgan fingerprint density at radius 3 is 2.77 bits per heavy atom. The van der Waals surface area contributed by atoms with Gasteiger partial charge in [0.1, 0.15) is 0 Å². The third-order valence-corrected chi connectivity index (χ3v) is 5.25. The number of para-hydroxylation sites is 1. The van der Waals surface area contributed by atoms with Crippen molar-refractivity contribution in [2.24, 2.45) is 0 Å². The van der Waals surface area contributed by atoms with Crippen molar-refractivity contribution in [3.63, 3.8) is 0 Å². The molecule has 22 heavy (non-hydrogen) atoms.